The number of amides is 3. The minimum absolute atomic E-state index is 0.00173. The molecule has 1 saturated heterocycles. The lowest BCUT2D eigenvalue weighted by Gasteiger charge is -2.22. The van der Waals surface area contributed by atoms with Crippen LogP contribution < -0.4 is 10.9 Å². The number of benzene rings is 2. The summed E-state index contributed by atoms with van der Waals surface area (Å²) in [5, 5.41) is 3.48. The zero-order chi connectivity index (χ0) is 19.2. The van der Waals surface area contributed by atoms with Crippen molar-refractivity contribution in [1.82, 2.24) is 10.2 Å². The van der Waals surface area contributed by atoms with Crippen LogP contribution in [0.5, 0.6) is 0 Å². The van der Waals surface area contributed by atoms with Gasteiger partial charge in [0, 0.05) is 11.5 Å². The molecule has 0 spiro atoms. The second-order valence-electron chi connectivity index (χ2n) is 6.90. The Balaban J connectivity index is 1.74. The summed E-state index contributed by atoms with van der Waals surface area (Å²) in [6, 6.07) is 15.4. The molecule has 0 aliphatic carbocycles. The van der Waals surface area contributed by atoms with Gasteiger partial charge in [0.05, 0.1) is 6.54 Å². The molecule has 3 amide bonds. The fourth-order valence-corrected chi connectivity index (χ4v) is 3.45. The van der Waals surface area contributed by atoms with Gasteiger partial charge in [-0.25, -0.2) is 9.59 Å². The average Bonchev–Trinajstić information content (AvgIpc) is 2.86. The molecule has 6 nitrogen and oxygen atoms in total. The van der Waals surface area contributed by atoms with E-state index in [-0.39, 0.29) is 12.5 Å². The third-order valence-electron chi connectivity index (χ3n) is 4.94. The standard InChI is InChI=1S/C21H18N2O4/c1-13-8-9-16-14(11-18(24)27-17(16)10-13)12-23-19(25)21(2,22-20(23)26)15-6-4-3-5-7-15/h3-11H,12H2,1-2H3,(H,22,26). The van der Waals surface area contributed by atoms with Crippen molar-refractivity contribution in [3.05, 3.63) is 81.7 Å². The number of fused-ring (bicyclic) bond motifs is 1. The van der Waals surface area contributed by atoms with Gasteiger partial charge in [-0.15, -0.1) is 0 Å². The van der Waals surface area contributed by atoms with Crippen molar-refractivity contribution in [3.63, 3.8) is 0 Å². The van der Waals surface area contributed by atoms with Crippen molar-refractivity contribution in [3.8, 4) is 0 Å². The first kappa shape index (κ1) is 17.0. The largest absolute Gasteiger partial charge is 0.423 e. The van der Waals surface area contributed by atoms with Crippen LogP contribution in [0.25, 0.3) is 11.0 Å². The van der Waals surface area contributed by atoms with Crippen molar-refractivity contribution < 1.29 is 14.0 Å². The summed E-state index contributed by atoms with van der Waals surface area (Å²) >= 11 is 0. The van der Waals surface area contributed by atoms with Gasteiger partial charge in [0.25, 0.3) is 5.91 Å². The van der Waals surface area contributed by atoms with E-state index >= 15 is 0 Å². The molecule has 2 aromatic carbocycles. The zero-order valence-corrected chi connectivity index (χ0v) is 15.0. The van der Waals surface area contributed by atoms with E-state index in [1.54, 1.807) is 25.1 Å². The fourth-order valence-electron chi connectivity index (χ4n) is 3.45. The molecule has 27 heavy (non-hydrogen) atoms. The van der Waals surface area contributed by atoms with Gasteiger partial charge in [0.1, 0.15) is 11.1 Å². The van der Waals surface area contributed by atoms with Crippen LogP contribution in [0.15, 0.2) is 63.8 Å². The third-order valence-corrected chi connectivity index (χ3v) is 4.94. The maximum absolute atomic E-state index is 13.1. The molecule has 0 radical (unpaired) electrons. The number of urea groups is 1. The van der Waals surface area contributed by atoms with Gasteiger partial charge in [0.15, 0.2) is 0 Å². The Morgan fingerprint density at radius 2 is 1.78 bits per heavy atom. The SMILES string of the molecule is Cc1ccc2c(CN3C(=O)NC(C)(c4ccccc4)C3=O)cc(=O)oc2c1. The predicted octanol–water partition coefficient (Wildman–Crippen LogP) is 3.07. The number of carbonyl (C=O) groups is 2. The second kappa shape index (κ2) is 6.09. The van der Waals surface area contributed by atoms with Crippen LogP contribution in [0, 0.1) is 6.92 Å². The Morgan fingerprint density at radius 3 is 2.52 bits per heavy atom. The number of rotatable bonds is 3. The molecule has 0 bridgehead atoms. The zero-order valence-electron chi connectivity index (χ0n) is 15.0. The van der Waals surface area contributed by atoms with Crippen molar-refractivity contribution >= 4 is 22.9 Å². The molecule has 0 saturated carbocycles. The highest BCUT2D eigenvalue weighted by molar-refractivity contribution is 6.07. The van der Waals surface area contributed by atoms with Crippen molar-refractivity contribution in [2.24, 2.45) is 0 Å². The van der Waals surface area contributed by atoms with Crippen LogP contribution in [-0.4, -0.2) is 16.8 Å². The Labute approximate surface area is 155 Å². The van der Waals surface area contributed by atoms with E-state index in [1.165, 1.54) is 6.07 Å². The normalized spacial score (nSPS) is 19.6. The highest BCUT2D eigenvalue weighted by Crippen LogP contribution is 2.30. The van der Waals surface area contributed by atoms with Crippen LogP contribution in [-0.2, 0) is 16.9 Å². The lowest BCUT2D eigenvalue weighted by molar-refractivity contribution is -0.131. The molecule has 2 heterocycles. The van der Waals surface area contributed by atoms with Gasteiger partial charge < -0.3 is 9.73 Å². The van der Waals surface area contributed by atoms with Crippen LogP contribution >= 0.6 is 0 Å². The summed E-state index contributed by atoms with van der Waals surface area (Å²) in [6.45, 7) is 3.58. The third kappa shape index (κ3) is 2.79. The summed E-state index contributed by atoms with van der Waals surface area (Å²) in [5.41, 5.74) is 1.02. The minimum Gasteiger partial charge on any atom is -0.423 e. The summed E-state index contributed by atoms with van der Waals surface area (Å²) < 4.78 is 5.25. The second-order valence-corrected chi connectivity index (χ2v) is 6.90. The first-order chi connectivity index (χ1) is 12.9. The average molecular weight is 362 g/mol. The van der Waals surface area contributed by atoms with Crippen LogP contribution in [0.3, 0.4) is 0 Å². The molecule has 1 N–H and O–H groups in total. The van der Waals surface area contributed by atoms with Gasteiger partial charge in [0.2, 0.25) is 0 Å². The monoisotopic (exact) mass is 362 g/mol. The number of hydrogen-bond donors (Lipinski definition) is 1. The van der Waals surface area contributed by atoms with Crippen LogP contribution in [0.1, 0.15) is 23.6 Å². The molecule has 1 aliphatic rings. The smallest absolute Gasteiger partial charge is 0.336 e. The first-order valence-corrected chi connectivity index (χ1v) is 8.61. The molecule has 6 heteroatoms. The van der Waals surface area contributed by atoms with Gasteiger partial charge in [-0.2, -0.15) is 0 Å². The first-order valence-electron chi connectivity index (χ1n) is 8.61. The van der Waals surface area contributed by atoms with Crippen molar-refractivity contribution in [1.29, 1.82) is 0 Å². The predicted molar refractivity (Wildman–Crippen MR) is 100 cm³/mol. The fraction of sp³-hybridized carbons (Fsp3) is 0.190. The van der Waals surface area contributed by atoms with Crippen molar-refractivity contribution in [2.45, 2.75) is 25.9 Å². The van der Waals surface area contributed by atoms with Gasteiger partial charge >= 0.3 is 11.7 Å². The lowest BCUT2D eigenvalue weighted by Crippen LogP contribution is -2.40. The maximum Gasteiger partial charge on any atom is 0.336 e. The Bertz CT molecular complexity index is 1120. The molecule has 1 fully saturated rings. The van der Waals surface area contributed by atoms with E-state index in [0.717, 1.165) is 10.5 Å². The highest BCUT2D eigenvalue weighted by Gasteiger charge is 2.48. The summed E-state index contributed by atoms with van der Waals surface area (Å²) in [6.07, 6.45) is 0. The minimum atomic E-state index is -1.13. The van der Waals surface area contributed by atoms with Gasteiger partial charge in [-0.3, -0.25) is 9.69 Å². The molecule has 1 aliphatic heterocycles. The molecule has 1 unspecified atom stereocenters. The van der Waals surface area contributed by atoms with Crippen LogP contribution in [0.4, 0.5) is 4.79 Å². The summed E-state index contributed by atoms with van der Waals surface area (Å²) in [5.74, 6) is -0.354. The van der Waals surface area contributed by atoms with Crippen LogP contribution in [0.2, 0.25) is 0 Å². The summed E-state index contributed by atoms with van der Waals surface area (Å²) in [7, 11) is 0. The Kier molecular flexibility index (Phi) is 3.84. The molecule has 4 rings (SSSR count). The van der Waals surface area contributed by atoms with E-state index < -0.39 is 17.2 Å². The number of aryl methyl sites for hydroxylation is 1. The maximum atomic E-state index is 13.1. The molecular weight excluding hydrogens is 344 g/mol. The molecule has 1 atom stereocenters. The molecule has 1 aromatic heterocycles. The number of imide groups is 1. The van der Waals surface area contributed by atoms with Gasteiger partial charge in [-0.05, 0) is 36.6 Å². The Hall–Kier alpha value is -3.41. The van der Waals surface area contributed by atoms with E-state index in [9.17, 15) is 14.4 Å². The van der Waals surface area contributed by atoms with Gasteiger partial charge in [-0.1, -0.05) is 42.5 Å². The number of nitrogens with zero attached hydrogens (tertiary/aromatic N) is 1. The highest BCUT2D eigenvalue weighted by atomic mass is 16.4. The van der Waals surface area contributed by atoms with E-state index in [1.807, 2.05) is 37.3 Å². The van der Waals surface area contributed by atoms with Crippen molar-refractivity contribution in [2.75, 3.05) is 0 Å². The summed E-state index contributed by atoms with van der Waals surface area (Å²) in [4.78, 5) is 38.7. The molecule has 3 aromatic rings. The van der Waals surface area contributed by atoms with E-state index in [0.29, 0.717) is 22.1 Å². The van der Waals surface area contributed by atoms with E-state index in [2.05, 4.69) is 5.32 Å². The van der Waals surface area contributed by atoms with E-state index in [4.69, 9.17) is 4.42 Å². The Morgan fingerprint density at radius 1 is 1.04 bits per heavy atom. The molecule has 136 valence electrons. The topological polar surface area (TPSA) is 79.6 Å². The number of nitrogens with one attached hydrogen (secondary N) is 1. The number of carbonyl (C=O) groups excluding carboxylic acids is 2. The number of hydrogen-bond acceptors (Lipinski definition) is 4. The molecular formula is C21H18N2O4. The quantitative estimate of drug-likeness (QED) is 0.574. The lowest BCUT2D eigenvalue weighted by atomic mass is 9.92.